The van der Waals surface area contributed by atoms with Crippen LogP contribution in [0.3, 0.4) is 0 Å². The molecular weight excluding hydrogens is 296 g/mol. The number of hydrogen-bond acceptors (Lipinski definition) is 6. The minimum absolute atomic E-state index is 0.0997. The van der Waals surface area contributed by atoms with Crippen LogP contribution >= 0.6 is 0 Å². The number of hydrogen-bond donors (Lipinski definition) is 1. The lowest BCUT2D eigenvalue weighted by Gasteiger charge is -2.31. The molecule has 126 valence electrons. The molecule has 0 amide bonds. The summed E-state index contributed by atoms with van der Waals surface area (Å²) in [4.78, 5) is 31.5. The van der Waals surface area contributed by atoms with Gasteiger partial charge in [0, 0.05) is 19.1 Å². The standard InChI is InChI=1S/C16H24N4O3/c1-11-6-7-12-14(17-11)15(22)20(10-13(21)23-2)16(18-12)19-8-4-3-5-9-19/h11,17H,3-10H2,1-2H3. The second-order valence-electron chi connectivity index (χ2n) is 6.33. The first-order valence-corrected chi connectivity index (χ1v) is 8.32. The highest BCUT2D eigenvalue weighted by molar-refractivity contribution is 5.70. The van der Waals surface area contributed by atoms with Crippen LogP contribution in [-0.2, 0) is 22.5 Å². The van der Waals surface area contributed by atoms with Crippen LogP contribution in [-0.4, -0.2) is 41.8 Å². The first-order chi connectivity index (χ1) is 11.1. The quantitative estimate of drug-likeness (QED) is 0.842. The summed E-state index contributed by atoms with van der Waals surface area (Å²) in [7, 11) is 1.33. The maximum atomic E-state index is 12.9. The molecule has 0 aromatic carbocycles. The number of carbonyl (C=O) groups is 1. The molecule has 1 unspecified atom stereocenters. The molecule has 1 atom stereocenters. The number of nitrogens with one attached hydrogen (secondary N) is 1. The molecule has 7 heteroatoms. The average Bonchev–Trinajstić information content (AvgIpc) is 2.58. The summed E-state index contributed by atoms with van der Waals surface area (Å²) < 4.78 is 6.21. The Kier molecular flexibility index (Phi) is 4.54. The van der Waals surface area contributed by atoms with E-state index in [9.17, 15) is 9.59 Å². The van der Waals surface area contributed by atoms with Gasteiger partial charge in [-0.25, -0.2) is 4.98 Å². The van der Waals surface area contributed by atoms with E-state index in [1.54, 1.807) is 0 Å². The lowest BCUT2D eigenvalue weighted by atomic mass is 10.0. The number of aromatic nitrogens is 2. The third-order valence-corrected chi connectivity index (χ3v) is 4.58. The average molecular weight is 320 g/mol. The number of esters is 1. The first kappa shape index (κ1) is 15.8. The number of methoxy groups -OCH3 is 1. The second kappa shape index (κ2) is 6.60. The van der Waals surface area contributed by atoms with Crippen molar-refractivity contribution in [2.45, 2.75) is 51.6 Å². The molecule has 3 heterocycles. The molecular formula is C16H24N4O3. The number of ether oxygens (including phenoxy) is 1. The largest absolute Gasteiger partial charge is 0.468 e. The van der Waals surface area contributed by atoms with Crippen LogP contribution < -0.4 is 15.8 Å². The molecule has 2 aliphatic rings. The van der Waals surface area contributed by atoms with Gasteiger partial charge in [-0.2, -0.15) is 0 Å². The number of rotatable bonds is 3. The highest BCUT2D eigenvalue weighted by atomic mass is 16.5. The van der Waals surface area contributed by atoms with Crippen molar-refractivity contribution in [3.8, 4) is 0 Å². The minimum atomic E-state index is -0.434. The van der Waals surface area contributed by atoms with Crippen molar-refractivity contribution in [3.63, 3.8) is 0 Å². The van der Waals surface area contributed by atoms with Crippen molar-refractivity contribution in [1.29, 1.82) is 0 Å². The molecule has 0 aliphatic carbocycles. The topological polar surface area (TPSA) is 76.5 Å². The van der Waals surface area contributed by atoms with Crippen molar-refractivity contribution in [2.75, 3.05) is 30.4 Å². The van der Waals surface area contributed by atoms with Crippen LogP contribution in [0.15, 0.2) is 4.79 Å². The normalized spacial score (nSPS) is 20.6. The lowest BCUT2D eigenvalue weighted by molar-refractivity contribution is -0.141. The van der Waals surface area contributed by atoms with Crippen molar-refractivity contribution < 1.29 is 9.53 Å². The summed E-state index contributed by atoms with van der Waals surface area (Å²) >= 11 is 0. The number of anilines is 2. The van der Waals surface area contributed by atoms with Gasteiger partial charge in [0.15, 0.2) is 0 Å². The van der Waals surface area contributed by atoms with Gasteiger partial charge in [0.25, 0.3) is 5.56 Å². The van der Waals surface area contributed by atoms with E-state index in [1.165, 1.54) is 18.1 Å². The van der Waals surface area contributed by atoms with Gasteiger partial charge >= 0.3 is 5.97 Å². The van der Waals surface area contributed by atoms with E-state index in [2.05, 4.69) is 10.2 Å². The van der Waals surface area contributed by atoms with Crippen molar-refractivity contribution in [2.24, 2.45) is 0 Å². The van der Waals surface area contributed by atoms with E-state index in [-0.39, 0.29) is 18.1 Å². The van der Waals surface area contributed by atoms with E-state index in [0.29, 0.717) is 11.6 Å². The monoisotopic (exact) mass is 320 g/mol. The van der Waals surface area contributed by atoms with Crippen LogP contribution in [0.1, 0.15) is 38.3 Å². The van der Waals surface area contributed by atoms with E-state index in [1.807, 2.05) is 6.92 Å². The number of carbonyl (C=O) groups excluding carboxylic acids is 1. The highest BCUT2D eigenvalue weighted by Gasteiger charge is 2.26. The summed E-state index contributed by atoms with van der Waals surface area (Å²) in [6.45, 7) is 3.69. The van der Waals surface area contributed by atoms with Gasteiger partial charge in [-0.1, -0.05) is 0 Å². The SMILES string of the molecule is COC(=O)Cn1c(N2CCCCC2)nc2c(c1=O)NC(C)CC2. The predicted octanol–water partition coefficient (Wildman–Crippen LogP) is 1.15. The van der Waals surface area contributed by atoms with Crippen LogP contribution in [0.5, 0.6) is 0 Å². The fourth-order valence-electron chi connectivity index (χ4n) is 3.26. The molecule has 1 fully saturated rings. The maximum Gasteiger partial charge on any atom is 0.325 e. The molecule has 2 aliphatic heterocycles. The molecule has 1 saturated heterocycles. The highest BCUT2D eigenvalue weighted by Crippen LogP contribution is 2.24. The number of nitrogens with zero attached hydrogens (tertiary/aromatic N) is 3. The van der Waals surface area contributed by atoms with E-state index in [4.69, 9.17) is 9.72 Å². The Labute approximate surface area is 135 Å². The molecule has 0 bridgehead atoms. The molecule has 1 aromatic rings. The smallest absolute Gasteiger partial charge is 0.325 e. The lowest BCUT2D eigenvalue weighted by Crippen LogP contribution is -2.40. The van der Waals surface area contributed by atoms with Gasteiger partial charge in [-0.05, 0) is 39.0 Å². The Balaban J connectivity index is 2.06. The summed E-state index contributed by atoms with van der Waals surface area (Å²) in [5.41, 5.74) is 1.18. The molecule has 1 aromatic heterocycles. The summed E-state index contributed by atoms with van der Waals surface area (Å²) in [5.74, 6) is 0.172. The molecule has 23 heavy (non-hydrogen) atoms. The van der Waals surface area contributed by atoms with E-state index in [0.717, 1.165) is 44.5 Å². The molecule has 1 N–H and O–H groups in total. The number of fused-ring (bicyclic) bond motifs is 1. The van der Waals surface area contributed by atoms with Gasteiger partial charge in [-0.3, -0.25) is 14.2 Å². The van der Waals surface area contributed by atoms with Gasteiger partial charge in [0.1, 0.15) is 12.2 Å². The van der Waals surface area contributed by atoms with Gasteiger partial charge in [0.2, 0.25) is 5.95 Å². The molecule has 0 spiro atoms. The summed E-state index contributed by atoms with van der Waals surface area (Å²) in [5, 5.41) is 3.22. The zero-order chi connectivity index (χ0) is 16.4. The Morgan fingerprint density at radius 3 is 2.78 bits per heavy atom. The van der Waals surface area contributed by atoms with Crippen LogP contribution in [0, 0.1) is 0 Å². The van der Waals surface area contributed by atoms with Crippen molar-refractivity contribution in [3.05, 3.63) is 16.0 Å². The van der Waals surface area contributed by atoms with Gasteiger partial charge in [-0.15, -0.1) is 0 Å². The van der Waals surface area contributed by atoms with Gasteiger partial charge < -0.3 is 15.0 Å². The maximum absolute atomic E-state index is 12.9. The number of aryl methyl sites for hydroxylation is 1. The molecule has 0 radical (unpaired) electrons. The molecule has 0 saturated carbocycles. The second-order valence-corrected chi connectivity index (χ2v) is 6.33. The summed E-state index contributed by atoms with van der Waals surface area (Å²) in [6, 6.07) is 0.240. The van der Waals surface area contributed by atoms with Crippen molar-refractivity contribution >= 4 is 17.6 Å². The van der Waals surface area contributed by atoms with Gasteiger partial charge in [0.05, 0.1) is 12.8 Å². The van der Waals surface area contributed by atoms with Crippen LogP contribution in [0.25, 0.3) is 0 Å². The first-order valence-electron chi connectivity index (χ1n) is 8.32. The Morgan fingerprint density at radius 1 is 1.35 bits per heavy atom. The molecule has 7 nitrogen and oxygen atoms in total. The fourth-order valence-corrected chi connectivity index (χ4v) is 3.26. The van der Waals surface area contributed by atoms with E-state index < -0.39 is 5.97 Å². The number of piperidine rings is 1. The predicted molar refractivity (Wildman–Crippen MR) is 88.0 cm³/mol. The van der Waals surface area contributed by atoms with E-state index >= 15 is 0 Å². The van der Waals surface area contributed by atoms with Crippen molar-refractivity contribution in [1.82, 2.24) is 9.55 Å². The Hall–Kier alpha value is -2.05. The van der Waals surface area contributed by atoms with Crippen LogP contribution in [0.2, 0.25) is 0 Å². The fraction of sp³-hybridized carbons (Fsp3) is 0.688. The molecule has 3 rings (SSSR count). The Bertz CT molecular complexity index is 649. The third kappa shape index (κ3) is 3.18. The van der Waals surface area contributed by atoms with Crippen LogP contribution in [0.4, 0.5) is 11.6 Å². The third-order valence-electron chi connectivity index (χ3n) is 4.58. The zero-order valence-corrected chi connectivity index (χ0v) is 13.8. The minimum Gasteiger partial charge on any atom is -0.468 e. The Morgan fingerprint density at radius 2 is 2.09 bits per heavy atom. The zero-order valence-electron chi connectivity index (χ0n) is 13.8. The summed E-state index contributed by atoms with van der Waals surface area (Å²) in [6.07, 6.45) is 5.11.